The van der Waals surface area contributed by atoms with E-state index in [9.17, 15) is 0 Å². The minimum atomic E-state index is 0.230. The van der Waals surface area contributed by atoms with Crippen molar-refractivity contribution >= 4 is 23.4 Å². The molecule has 19 heavy (non-hydrogen) atoms. The van der Waals surface area contributed by atoms with E-state index < -0.39 is 0 Å². The maximum atomic E-state index is 6.09. The van der Waals surface area contributed by atoms with E-state index in [2.05, 4.69) is 10.1 Å². The molecule has 0 spiro atoms. The first-order valence-electron chi connectivity index (χ1n) is 6.07. The third kappa shape index (κ3) is 4.23. The van der Waals surface area contributed by atoms with Crippen molar-refractivity contribution in [2.24, 2.45) is 5.73 Å². The van der Waals surface area contributed by atoms with Gasteiger partial charge < -0.3 is 10.3 Å². The van der Waals surface area contributed by atoms with E-state index >= 15 is 0 Å². The van der Waals surface area contributed by atoms with Crippen molar-refractivity contribution in [1.29, 1.82) is 0 Å². The Hall–Kier alpha value is -1.04. The maximum absolute atomic E-state index is 6.09. The zero-order valence-electron chi connectivity index (χ0n) is 10.7. The topological polar surface area (TPSA) is 64.9 Å². The smallest absolute Gasteiger partial charge is 0.236 e. The van der Waals surface area contributed by atoms with Gasteiger partial charge in [0.2, 0.25) is 11.7 Å². The van der Waals surface area contributed by atoms with Gasteiger partial charge in [0.25, 0.3) is 0 Å². The molecule has 1 aromatic carbocycles. The average molecular weight is 298 g/mol. The summed E-state index contributed by atoms with van der Waals surface area (Å²) in [6.45, 7) is 2.00. The van der Waals surface area contributed by atoms with Gasteiger partial charge in [-0.25, -0.2) is 0 Å². The molecule has 2 aromatic rings. The number of benzene rings is 1. The van der Waals surface area contributed by atoms with Crippen LogP contribution in [0.3, 0.4) is 0 Å². The standard InChI is InChI=1S/C13H16ClN3OS/c1-9(15)6-7-19-8-12-16-13(17-18-12)10-4-2-3-5-11(10)14/h2-5,9H,6-8,15H2,1H3. The molecule has 1 unspecified atom stereocenters. The molecule has 0 aliphatic carbocycles. The minimum absolute atomic E-state index is 0.230. The molecule has 0 aliphatic rings. The Balaban J connectivity index is 1.94. The van der Waals surface area contributed by atoms with Crippen LogP contribution >= 0.6 is 23.4 Å². The number of nitrogens with two attached hydrogens (primary N) is 1. The molecule has 0 bridgehead atoms. The van der Waals surface area contributed by atoms with Crippen molar-refractivity contribution in [3.8, 4) is 11.4 Å². The van der Waals surface area contributed by atoms with Crippen LogP contribution in [0.2, 0.25) is 5.02 Å². The number of thioether (sulfide) groups is 1. The molecule has 0 radical (unpaired) electrons. The molecule has 0 saturated carbocycles. The van der Waals surface area contributed by atoms with E-state index in [-0.39, 0.29) is 6.04 Å². The van der Waals surface area contributed by atoms with Crippen LogP contribution in [0.5, 0.6) is 0 Å². The Labute approximate surface area is 121 Å². The van der Waals surface area contributed by atoms with Crippen molar-refractivity contribution in [1.82, 2.24) is 10.1 Å². The summed E-state index contributed by atoms with van der Waals surface area (Å²) in [5, 5.41) is 4.58. The number of hydrogen-bond acceptors (Lipinski definition) is 5. The van der Waals surface area contributed by atoms with E-state index in [0.717, 1.165) is 17.7 Å². The zero-order chi connectivity index (χ0) is 13.7. The lowest BCUT2D eigenvalue weighted by Gasteiger charge is -2.02. The Morgan fingerprint density at radius 2 is 2.21 bits per heavy atom. The summed E-state index contributed by atoms with van der Waals surface area (Å²) in [6.07, 6.45) is 0.982. The van der Waals surface area contributed by atoms with Crippen LogP contribution in [-0.4, -0.2) is 21.9 Å². The Morgan fingerprint density at radius 3 is 2.95 bits per heavy atom. The van der Waals surface area contributed by atoms with Gasteiger partial charge in [0.15, 0.2) is 0 Å². The second-order valence-electron chi connectivity index (χ2n) is 4.31. The molecule has 0 saturated heterocycles. The molecule has 4 nitrogen and oxygen atoms in total. The van der Waals surface area contributed by atoms with Crippen molar-refractivity contribution in [3.05, 3.63) is 35.2 Å². The third-order valence-electron chi connectivity index (χ3n) is 2.53. The monoisotopic (exact) mass is 297 g/mol. The fourth-order valence-corrected chi connectivity index (χ4v) is 2.69. The van der Waals surface area contributed by atoms with Crippen molar-refractivity contribution in [2.45, 2.75) is 25.1 Å². The second-order valence-corrected chi connectivity index (χ2v) is 5.82. The summed E-state index contributed by atoms with van der Waals surface area (Å²) in [7, 11) is 0. The summed E-state index contributed by atoms with van der Waals surface area (Å²) in [6, 6.07) is 7.68. The van der Waals surface area contributed by atoms with Gasteiger partial charge in [0.05, 0.1) is 10.8 Å². The highest BCUT2D eigenvalue weighted by molar-refractivity contribution is 7.98. The van der Waals surface area contributed by atoms with Crippen LogP contribution in [0.4, 0.5) is 0 Å². The fraction of sp³-hybridized carbons (Fsp3) is 0.385. The maximum Gasteiger partial charge on any atom is 0.236 e. The Morgan fingerprint density at radius 1 is 1.42 bits per heavy atom. The van der Waals surface area contributed by atoms with E-state index in [0.29, 0.717) is 22.5 Å². The molecule has 0 fully saturated rings. The van der Waals surface area contributed by atoms with Gasteiger partial charge in [0, 0.05) is 11.6 Å². The summed E-state index contributed by atoms with van der Waals surface area (Å²) in [5.74, 6) is 2.84. The highest BCUT2D eigenvalue weighted by Gasteiger charge is 2.11. The first-order chi connectivity index (χ1) is 9.16. The molecule has 1 aromatic heterocycles. The normalized spacial score (nSPS) is 12.6. The van der Waals surface area contributed by atoms with Gasteiger partial charge in [-0.3, -0.25) is 0 Å². The summed E-state index contributed by atoms with van der Waals surface area (Å²) in [5.41, 5.74) is 6.48. The molecule has 1 heterocycles. The fourth-order valence-electron chi connectivity index (χ4n) is 1.49. The number of nitrogens with zero attached hydrogens (tertiary/aromatic N) is 2. The van der Waals surface area contributed by atoms with Gasteiger partial charge in [-0.15, -0.1) is 0 Å². The molecule has 1 atom stereocenters. The Bertz CT molecular complexity index is 530. The molecular formula is C13H16ClN3OS. The molecule has 0 amide bonds. The van der Waals surface area contributed by atoms with Crippen LogP contribution in [0.25, 0.3) is 11.4 Å². The number of aromatic nitrogens is 2. The van der Waals surface area contributed by atoms with Gasteiger partial charge in [-0.05, 0) is 31.2 Å². The SMILES string of the molecule is CC(N)CCSCc1nc(-c2ccccc2Cl)no1. The number of halogens is 1. The van der Waals surface area contributed by atoms with Gasteiger partial charge >= 0.3 is 0 Å². The zero-order valence-corrected chi connectivity index (χ0v) is 12.2. The lowest BCUT2D eigenvalue weighted by atomic mass is 10.2. The van der Waals surface area contributed by atoms with E-state index in [1.807, 2.05) is 31.2 Å². The summed E-state index contributed by atoms with van der Waals surface area (Å²) in [4.78, 5) is 4.34. The third-order valence-corrected chi connectivity index (χ3v) is 3.83. The molecule has 2 N–H and O–H groups in total. The predicted octanol–water partition coefficient (Wildman–Crippen LogP) is 3.36. The largest absolute Gasteiger partial charge is 0.338 e. The highest BCUT2D eigenvalue weighted by atomic mass is 35.5. The molecule has 6 heteroatoms. The second kappa shape index (κ2) is 6.93. The van der Waals surface area contributed by atoms with Crippen LogP contribution in [0.1, 0.15) is 19.2 Å². The van der Waals surface area contributed by atoms with Crippen LogP contribution < -0.4 is 5.73 Å². The number of hydrogen-bond donors (Lipinski definition) is 1. The minimum Gasteiger partial charge on any atom is -0.338 e. The van der Waals surface area contributed by atoms with Crippen molar-refractivity contribution in [2.75, 3.05) is 5.75 Å². The van der Waals surface area contributed by atoms with E-state index in [1.165, 1.54) is 0 Å². The lowest BCUT2D eigenvalue weighted by molar-refractivity contribution is 0.391. The highest BCUT2D eigenvalue weighted by Crippen LogP contribution is 2.25. The first kappa shape index (κ1) is 14.4. The Kier molecular flexibility index (Phi) is 5.24. The predicted molar refractivity (Wildman–Crippen MR) is 79.2 cm³/mol. The van der Waals surface area contributed by atoms with Crippen molar-refractivity contribution in [3.63, 3.8) is 0 Å². The van der Waals surface area contributed by atoms with Gasteiger partial charge in [-0.2, -0.15) is 16.7 Å². The average Bonchev–Trinajstić information content (AvgIpc) is 2.83. The van der Waals surface area contributed by atoms with E-state index in [1.54, 1.807) is 11.8 Å². The lowest BCUT2D eigenvalue weighted by Crippen LogP contribution is -2.15. The quantitative estimate of drug-likeness (QED) is 0.828. The first-order valence-corrected chi connectivity index (χ1v) is 7.61. The molecule has 2 rings (SSSR count). The van der Waals surface area contributed by atoms with Gasteiger partial charge in [0.1, 0.15) is 0 Å². The molecule has 102 valence electrons. The summed E-state index contributed by atoms with van der Waals surface area (Å²) >= 11 is 7.83. The molecular weight excluding hydrogens is 282 g/mol. The van der Waals surface area contributed by atoms with E-state index in [4.69, 9.17) is 21.9 Å². The van der Waals surface area contributed by atoms with Crippen LogP contribution in [-0.2, 0) is 5.75 Å². The van der Waals surface area contributed by atoms with Crippen molar-refractivity contribution < 1.29 is 4.52 Å². The van der Waals surface area contributed by atoms with Gasteiger partial charge in [-0.1, -0.05) is 28.9 Å². The van der Waals surface area contributed by atoms with Crippen LogP contribution in [0, 0.1) is 0 Å². The molecule has 0 aliphatic heterocycles. The number of rotatable bonds is 6. The summed E-state index contributed by atoms with van der Waals surface area (Å²) < 4.78 is 5.21. The van der Waals surface area contributed by atoms with Crippen LogP contribution in [0.15, 0.2) is 28.8 Å².